The number of hydrogen-bond donors (Lipinski definition) is 15. The number of thioether (sulfide) groups is 4. The van der Waals surface area contributed by atoms with Gasteiger partial charge in [-0.1, -0.05) is 0 Å². The number of likely N-dealkylation sites (N-methyl/N-ethyl adjacent to an activating group) is 2. The third-order valence-corrected chi connectivity index (χ3v) is 19.4. The molecule has 570 valence electrons. The number of aliphatic hydroxyl groups excluding tert-OH is 10. The molecule has 0 aromatic carbocycles. The molecule has 4 aliphatic rings. The first-order chi connectivity index (χ1) is 46.9. The second kappa shape index (κ2) is 52.9. The molecule has 0 aliphatic carbocycles. The minimum absolute atomic E-state index is 0.0922. The van der Waals surface area contributed by atoms with Crippen molar-refractivity contribution in [2.24, 2.45) is 16.5 Å². The van der Waals surface area contributed by atoms with Crippen molar-refractivity contribution in [1.29, 1.82) is 0 Å². The van der Waals surface area contributed by atoms with Crippen LogP contribution in [0.2, 0.25) is 0 Å². The van der Waals surface area contributed by atoms with Crippen molar-refractivity contribution < 1.29 is 147 Å². The lowest BCUT2D eigenvalue weighted by molar-refractivity contribution is -0.348. The number of nitrogens with zero attached hydrogens (tertiary/aromatic N) is 4. The molecule has 4 heterocycles. The van der Waals surface area contributed by atoms with Crippen LogP contribution in [0, 0.1) is 0 Å². The summed E-state index contributed by atoms with van der Waals surface area (Å²) in [4.78, 5) is 77.1. The average Bonchev–Trinajstić information content (AvgIpc) is 0.811. The highest BCUT2D eigenvalue weighted by Gasteiger charge is 2.51. The predicted octanol–water partition coefficient (Wildman–Crippen LogP) is -7.69. The summed E-state index contributed by atoms with van der Waals surface area (Å²) in [5, 5.41) is 129. The van der Waals surface area contributed by atoms with E-state index in [-0.39, 0.29) is 75.9 Å². The van der Waals surface area contributed by atoms with Gasteiger partial charge in [-0.2, -0.15) is 54.5 Å². The summed E-state index contributed by atoms with van der Waals surface area (Å²) in [5.41, 5.74) is 10.8. The highest BCUT2D eigenvalue weighted by Crippen LogP contribution is 2.32. The molecule has 0 aromatic rings. The summed E-state index contributed by atoms with van der Waals surface area (Å²) in [7, 11) is 6.25. The fraction of sp³-hybridized carbons (Fsp3) is 0.895. The normalized spacial score (nSPS) is 30.4. The van der Waals surface area contributed by atoms with E-state index in [1.165, 1.54) is 30.9 Å². The number of ether oxygens (including phenoxy) is 11. The first-order valence-electron chi connectivity index (χ1n) is 31.4. The van der Waals surface area contributed by atoms with E-state index in [9.17, 15) is 70.6 Å². The maximum Gasteiger partial charge on any atom is 0.373 e. The summed E-state index contributed by atoms with van der Waals surface area (Å²) in [6.07, 6.45) is -23.8. The molecule has 4 fully saturated rings. The Labute approximate surface area is 585 Å². The molecule has 1 amide bonds. The number of carbonyl (C=O) groups excluding carboxylic acids is 5. The van der Waals surface area contributed by atoms with Crippen LogP contribution in [0.4, 0.5) is 0 Å². The third kappa shape index (κ3) is 34.5. The van der Waals surface area contributed by atoms with E-state index in [0.29, 0.717) is 93.8 Å². The number of hydrogen-bond acceptors (Lipinski definition) is 37. The smallest absolute Gasteiger partial charge is 0.373 e. The second-order valence-corrected chi connectivity index (χ2v) is 27.3. The predicted molar refractivity (Wildman–Crippen MR) is 349 cm³/mol. The molecule has 4 aliphatic heterocycles. The quantitative estimate of drug-likeness (QED) is 0.0153. The lowest BCUT2D eigenvalue weighted by atomic mass is 9.97. The number of carboxylic acid groups (broad SMARTS) is 2. The molecule has 37 nitrogen and oxygen atoms in total. The number of methoxy groups -OCH3 is 2. The highest BCUT2D eigenvalue weighted by atomic mass is 32.2. The molecule has 20 atom stereocenters. The topological polar surface area (TPSA) is 550 Å². The van der Waals surface area contributed by atoms with Gasteiger partial charge in [0.15, 0.2) is 18.9 Å². The van der Waals surface area contributed by atoms with Gasteiger partial charge in [0.05, 0.1) is 51.8 Å². The number of amidine groups is 1. The Bertz CT molecular complexity index is 2260. The van der Waals surface area contributed by atoms with Crippen LogP contribution in [0.15, 0.2) is 4.99 Å². The number of aliphatic hydroxyl groups is 10. The zero-order valence-electron chi connectivity index (χ0n) is 55.4. The zero-order valence-corrected chi connectivity index (χ0v) is 58.7. The molecule has 98 heavy (non-hydrogen) atoms. The summed E-state index contributed by atoms with van der Waals surface area (Å²) in [6.45, 7) is 1.22. The van der Waals surface area contributed by atoms with E-state index < -0.39 is 154 Å². The van der Waals surface area contributed by atoms with Crippen molar-refractivity contribution in [2.75, 3.05) is 180 Å². The minimum atomic E-state index is -1.62. The van der Waals surface area contributed by atoms with Crippen molar-refractivity contribution in [1.82, 2.24) is 20.0 Å². The van der Waals surface area contributed by atoms with Crippen molar-refractivity contribution in [3.05, 3.63) is 0 Å². The number of carboxylic acids is 2. The van der Waals surface area contributed by atoms with Crippen LogP contribution >= 0.6 is 47.0 Å². The summed E-state index contributed by atoms with van der Waals surface area (Å²) in [5.74, 6) is 1.80. The molecular formula is C57H103N7O30S4. The van der Waals surface area contributed by atoms with Crippen LogP contribution in [-0.2, 0) is 85.7 Å². The van der Waals surface area contributed by atoms with Gasteiger partial charge < -0.3 is 135 Å². The van der Waals surface area contributed by atoms with Crippen LogP contribution in [0.25, 0.3) is 0 Å². The van der Waals surface area contributed by atoms with Gasteiger partial charge in [-0.15, -0.1) is 11.8 Å². The Morgan fingerprint density at radius 1 is 0.541 bits per heavy atom. The molecule has 0 saturated carbocycles. The van der Waals surface area contributed by atoms with E-state index >= 15 is 0 Å². The van der Waals surface area contributed by atoms with E-state index in [0.717, 1.165) is 17.5 Å². The molecule has 17 N–H and O–H groups in total. The molecule has 8 unspecified atom stereocenters. The van der Waals surface area contributed by atoms with Gasteiger partial charge in [-0.25, -0.2) is 0 Å². The third-order valence-electron chi connectivity index (χ3n) is 15.0. The second-order valence-electron chi connectivity index (χ2n) is 22.6. The Morgan fingerprint density at radius 3 is 1.47 bits per heavy atom. The molecule has 0 bridgehead atoms. The van der Waals surface area contributed by atoms with Crippen LogP contribution in [0.1, 0.15) is 19.3 Å². The van der Waals surface area contributed by atoms with Gasteiger partial charge in [0, 0.05) is 97.1 Å². The number of rotatable bonds is 48. The fourth-order valence-corrected chi connectivity index (χ4v) is 13.1. The Morgan fingerprint density at radius 2 is 0.990 bits per heavy atom. The highest BCUT2D eigenvalue weighted by molar-refractivity contribution is 8.00. The first-order valence-corrected chi connectivity index (χ1v) is 36.0. The molecule has 0 aromatic heterocycles. The Kier molecular flexibility index (Phi) is 49.2. The number of aliphatic imine (C=N–C) groups is 1. The number of nitrogens with one attached hydrogen (secondary N) is 1. The lowest BCUT2D eigenvalue weighted by Gasteiger charge is -2.45. The maximum absolute atomic E-state index is 12.7. The minimum Gasteiger partial charge on any atom is -0.480 e. The van der Waals surface area contributed by atoms with Crippen LogP contribution in [-0.4, -0.2) is 414 Å². The van der Waals surface area contributed by atoms with Crippen LogP contribution in [0.3, 0.4) is 0 Å². The van der Waals surface area contributed by atoms with Gasteiger partial charge in [0.25, 0.3) is 0 Å². The van der Waals surface area contributed by atoms with Gasteiger partial charge in [0.1, 0.15) is 109 Å². The molecule has 41 heteroatoms. The molecule has 0 radical (unpaired) electrons. The van der Waals surface area contributed by atoms with E-state index in [2.05, 4.69) is 10.3 Å². The van der Waals surface area contributed by atoms with Gasteiger partial charge in [0.2, 0.25) is 5.91 Å². The van der Waals surface area contributed by atoms with Crippen LogP contribution < -0.4 is 16.8 Å². The molecular weight excluding hydrogens is 1390 g/mol. The Balaban J connectivity index is 0.00000524. The summed E-state index contributed by atoms with van der Waals surface area (Å²) < 4.78 is 65.0. The van der Waals surface area contributed by atoms with Gasteiger partial charge in [-0.05, 0) is 50.6 Å². The SMILES string of the molecule is COCC1O[C@H](OCC2O[C@H](OCC3O[C@H](OC)C(OCCCSCCNC(=O)CN(CCN(C)CCN(C)CC(=O)O)CC(=O)O)[C@@H](O)[C@@H]3O)C(OCCCSCCN)[C@@H](O)[C@@H]2O)C(OCCCSCCN=C(N)CS[C@H]2OC(CO)[C@@H](O)C(O)[C@H]2O)[C@@H](O)[C@@H]1O.O=C=O.O=C=O. The fourth-order valence-electron chi connectivity index (χ4n) is 9.87. The Hall–Kier alpha value is -2.96. The van der Waals surface area contributed by atoms with E-state index in [1.807, 2.05) is 11.9 Å². The van der Waals surface area contributed by atoms with Crippen molar-refractivity contribution in [3.63, 3.8) is 0 Å². The molecule has 4 rings (SSSR count). The van der Waals surface area contributed by atoms with E-state index in [4.69, 9.17) is 87.9 Å². The molecule has 4 saturated heterocycles. The standard InChI is InChI=1S/C55H103N7O26S4.2CO2/c1-60(11-12-61(2)25-38(65)66)13-14-62(26-39(67)68)24-37(64)59-10-23-91-20-6-15-80-49-45(74)42(71)34(85-52(49)79-4)29-83-54-51(81-16-5-18-89-21-8-56)47(76)43(72)35(87-54)30-84-53-50(46(75)41(70)33(86-53)28-78-3)82-17-7-19-90-22-9-58-36(57)31-92-55-48(77)44(73)40(69)32(27-63)88-55;2*2-1-3/h32-35,40-55,63,69-77H,5-31,56H2,1-4H3,(H2,57,58)(H,59,64)(H,65,66)(H,67,68);;/t32?,33?,34?,35?,40-,41-,42-,43-,44?,45+,46+,47+,48-,49?,50?,51?,52+,53+,54+,55-;;/m1../s1. The van der Waals surface area contributed by atoms with Gasteiger partial charge >= 0.3 is 24.2 Å². The number of aliphatic carboxylic acids is 2. The zero-order chi connectivity index (χ0) is 73.1. The number of carbonyl (C=O) groups is 3. The van der Waals surface area contributed by atoms with Crippen molar-refractivity contribution in [3.8, 4) is 0 Å². The summed E-state index contributed by atoms with van der Waals surface area (Å²) in [6, 6.07) is 0. The first kappa shape index (κ1) is 91.1. The molecule has 0 spiro atoms. The number of amides is 1. The monoisotopic (exact) mass is 1490 g/mol. The summed E-state index contributed by atoms with van der Waals surface area (Å²) >= 11 is 5.75. The van der Waals surface area contributed by atoms with Crippen molar-refractivity contribution >= 4 is 83.0 Å². The average molecular weight is 1490 g/mol. The number of nitrogens with two attached hydrogens (primary N) is 2. The lowest BCUT2D eigenvalue weighted by Crippen LogP contribution is -2.63. The van der Waals surface area contributed by atoms with Crippen LogP contribution in [0.5, 0.6) is 0 Å². The van der Waals surface area contributed by atoms with Gasteiger partial charge in [-0.3, -0.25) is 29.2 Å². The maximum atomic E-state index is 12.7. The van der Waals surface area contributed by atoms with Crippen molar-refractivity contribution in [2.45, 2.75) is 141 Å². The van der Waals surface area contributed by atoms with E-state index in [1.54, 1.807) is 35.5 Å². The largest absolute Gasteiger partial charge is 0.480 e.